The number of rotatable bonds is 2. The van der Waals surface area contributed by atoms with E-state index in [9.17, 15) is 4.21 Å². The molecule has 0 saturated heterocycles. The first-order valence-electron chi connectivity index (χ1n) is 8.03. The number of fused-ring (bicyclic) bond motifs is 1. The Bertz CT molecular complexity index is 500. The molecule has 3 rings (SSSR count). The quantitative estimate of drug-likeness (QED) is 0.908. The van der Waals surface area contributed by atoms with E-state index in [4.69, 9.17) is 5.73 Å². The van der Waals surface area contributed by atoms with E-state index in [0.29, 0.717) is 0 Å². The normalized spacial score (nSPS) is 28.4. The van der Waals surface area contributed by atoms with Crippen molar-refractivity contribution in [3.8, 4) is 0 Å². The molecular weight excluding hydrogens is 266 g/mol. The molecule has 0 aromatic heterocycles. The summed E-state index contributed by atoms with van der Waals surface area (Å²) in [5, 5.41) is 0.148. The summed E-state index contributed by atoms with van der Waals surface area (Å²) in [4.78, 5) is 1.01. The van der Waals surface area contributed by atoms with Crippen molar-refractivity contribution in [1.29, 1.82) is 0 Å². The number of benzene rings is 1. The largest absolute Gasteiger partial charge is 0.327 e. The maximum absolute atomic E-state index is 12.9. The SMILES string of the molecule is NC1CCCCCCC1S(=O)c1ccc2c(c1)CCC2. The fourth-order valence-electron chi connectivity index (χ4n) is 3.59. The summed E-state index contributed by atoms with van der Waals surface area (Å²) in [6.07, 6.45) is 10.5. The third kappa shape index (κ3) is 2.99. The number of hydrogen-bond donors (Lipinski definition) is 1. The van der Waals surface area contributed by atoms with Gasteiger partial charge in [-0.2, -0.15) is 0 Å². The predicted molar refractivity (Wildman–Crippen MR) is 84.3 cm³/mol. The second kappa shape index (κ2) is 6.40. The molecule has 1 saturated carbocycles. The summed E-state index contributed by atoms with van der Waals surface area (Å²) < 4.78 is 12.9. The predicted octanol–water partition coefficient (Wildman–Crippen LogP) is 3.33. The zero-order valence-corrected chi connectivity index (χ0v) is 13.0. The molecule has 0 heterocycles. The van der Waals surface area contributed by atoms with Crippen molar-refractivity contribution in [3.63, 3.8) is 0 Å². The highest BCUT2D eigenvalue weighted by Crippen LogP contribution is 2.28. The van der Waals surface area contributed by atoms with Crippen LogP contribution in [0.5, 0.6) is 0 Å². The number of aryl methyl sites for hydroxylation is 2. The zero-order chi connectivity index (χ0) is 13.9. The molecule has 1 aromatic carbocycles. The van der Waals surface area contributed by atoms with Crippen LogP contribution >= 0.6 is 0 Å². The second-order valence-corrected chi connectivity index (χ2v) is 7.95. The Morgan fingerprint density at radius 1 is 0.950 bits per heavy atom. The molecule has 0 aliphatic heterocycles. The van der Waals surface area contributed by atoms with Crippen LogP contribution in [0, 0.1) is 0 Å². The molecule has 2 nitrogen and oxygen atoms in total. The summed E-state index contributed by atoms with van der Waals surface area (Å²) in [5.74, 6) is 0. The van der Waals surface area contributed by atoms with Gasteiger partial charge < -0.3 is 5.73 Å². The van der Waals surface area contributed by atoms with Crippen LogP contribution in [0.15, 0.2) is 23.1 Å². The lowest BCUT2D eigenvalue weighted by Gasteiger charge is -2.25. The Kier molecular flexibility index (Phi) is 4.57. The van der Waals surface area contributed by atoms with Crippen LogP contribution in [0.4, 0.5) is 0 Å². The van der Waals surface area contributed by atoms with Gasteiger partial charge in [0.25, 0.3) is 0 Å². The summed E-state index contributed by atoms with van der Waals surface area (Å²) in [5.41, 5.74) is 9.17. The Labute approximate surface area is 124 Å². The Balaban J connectivity index is 1.79. The van der Waals surface area contributed by atoms with Gasteiger partial charge in [-0.1, -0.05) is 31.7 Å². The average molecular weight is 291 g/mol. The van der Waals surface area contributed by atoms with Crippen molar-refractivity contribution in [3.05, 3.63) is 29.3 Å². The minimum Gasteiger partial charge on any atom is -0.327 e. The average Bonchev–Trinajstić information content (AvgIpc) is 2.90. The molecule has 20 heavy (non-hydrogen) atoms. The van der Waals surface area contributed by atoms with E-state index in [1.165, 1.54) is 49.7 Å². The maximum Gasteiger partial charge on any atom is 0.0576 e. The monoisotopic (exact) mass is 291 g/mol. The molecule has 0 bridgehead atoms. The highest BCUT2D eigenvalue weighted by molar-refractivity contribution is 7.85. The lowest BCUT2D eigenvalue weighted by atomic mass is 9.97. The molecule has 3 atom stereocenters. The molecule has 0 amide bonds. The molecule has 3 unspecified atom stereocenters. The second-order valence-electron chi connectivity index (χ2n) is 6.28. The van der Waals surface area contributed by atoms with Crippen molar-refractivity contribution < 1.29 is 4.21 Å². The van der Waals surface area contributed by atoms with E-state index in [1.807, 2.05) is 0 Å². The first-order valence-corrected chi connectivity index (χ1v) is 9.25. The van der Waals surface area contributed by atoms with Crippen LogP contribution in [0.25, 0.3) is 0 Å². The van der Waals surface area contributed by atoms with E-state index in [2.05, 4.69) is 18.2 Å². The van der Waals surface area contributed by atoms with Gasteiger partial charge in [-0.15, -0.1) is 0 Å². The Hall–Kier alpha value is -0.670. The van der Waals surface area contributed by atoms with E-state index < -0.39 is 10.8 Å². The molecule has 0 radical (unpaired) electrons. The van der Waals surface area contributed by atoms with Gasteiger partial charge >= 0.3 is 0 Å². The van der Waals surface area contributed by atoms with Gasteiger partial charge in [-0.25, -0.2) is 0 Å². The van der Waals surface area contributed by atoms with Gasteiger partial charge in [0.05, 0.1) is 16.0 Å². The lowest BCUT2D eigenvalue weighted by Crippen LogP contribution is -2.38. The van der Waals surface area contributed by atoms with Gasteiger partial charge in [-0.05, 0) is 55.4 Å². The van der Waals surface area contributed by atoms with E-state index in [1.54, 1.807) is 0 Å². The van der Waals surface area contributed by atoms with E-state index in [-0.39, 0.29) is 11.3 Å². The van der Waals surface area contributed by atoms with Crippen LogP contribution in [-0.2, 0) is 23.6 Å². The van der Waals surface area contributed by atoms with Gasteiger partial charge in [0.15, 0.2) is 0 Å². The van der Waals surface area contributed by atoms with E-state index >= 15 is 0 Å². The summed E-state index contributed by atoms with van der Waals surface area (Å²) in [7, 11) is -0.936. The van der Waals surface area contributed by atoms with Gasteiger partial charge in [-0.3, -0.25) is 4.21 Å². The standard InChI is InChI=1S/C17H25NOS/c18-16-8-3-1-2-4-9-17(16)20(19)15-11-10-13-6-5-7-14(13)12-15/h10-12,16-17H,1-9,18H2. The smallest absolute Gasteiger partial charge is 0.0576 e. The molecule has 110 valence electrons. The van der Waals surface area contributed by atoms with Gasteiger partial charge in [0, 0.05) is 10.9 Å². The number of hydrogen-bond acceptors (Lipinski definition) is 2. The van der Waals surface area contributed by atoms with Gasteiger partial charge in [0.1, 0.15) is 0 Å². The molecule has 1 fully saturated rings. The highest BCUT2D eigenvalue weighted by atomic mass is 32.2. The van der Waals surface area contributed by atoms with Crippen LogP contribution in [0.3, 0.4) is 0 Å². The van der Waals surface area contributed by atoms with Crippen molar-refractivity contribution in [2.24, 2.45) is 5.73 Å². The van der Waals surface area contributed by atoms with Crippen LogP contribution < -0.4 is 5.73 Å². The zero-order valence-electron chi connectivity index (χ0n) is 12.1. The first kappa shape index (κ1) is 14.3. The molecule has 2 aliphatic carbocycles. The highest BCUT2D eigenvalue weighted by Gasteiger charge is 2.26. The molecular formula is C17H25NOS. The van der Waals surface area contributed by atoms with Crippen molar-refractivity contribution in [1.82, 2.24) is 0 Å². The first-order chi connectivity index (χ1) is 9.75. The van der Waals surface area contributed by atoms with Crippen LogP contribution in [-0.4, -0.2) is 15.5 Å². The molecule has 0 spiro atoms. The fraction of sp³-hybridized carbons (Fsp3) is 0.647. The Morgan fingerprint density at radius 3 is 2.55 bits per heavy atom. The van der Waals surface area contributed by atoms with Gasteiger partial charge in [0.2, 0.25) is 0 Å². The lowest BCUT2D eigenvalue weighted by molar-refractivity contribution is 0.456. The van der Waals surface area contributed by atoms with Crippen molar-refractivity contribution >= 4 is 10.8 Å². The minimum absolute atomic E-state index is 0.101. The van der Waals surface area contributed by atoms with Crippen LogP contribution in [0.1, 0.15) is 56.1 Å². The molecule has 3 heteroatoms. The maximum atomic E-state index is 12.9. The number of nitrogens with two attached hydrogens (primary N) is 1. The van der Waals surface area contributed by atoms with Crippen molar-refractivity contribution in [2.45, 2.75) is 74.0 Å². The Morgan fingerprint density at radius 2 is 1.70 bits per heavy atom. The summed E-state index contributed by atoms with van der Waals surface area (Å²) >= 11 is 0. The molecule has 2 aliphatic rings. The fourth-order valence-corrected chi connectivity index (χ4v) is 5.24. The minimum atomic E-state index is -0.936. The topological polar surface area (TPSA) is 43.1 Å². The molecule has 2 N–H and O–H groups in total. The third-order valence-electron chi connectivity index (χ3n) is 4.83. The summed E-state index contributed by atoms with van der Waals surface area (Å²) in [6.45, 7) is 0. The third-order valence-corrected chi connectivity index (χ3v) is 6.68. The van der Waals surface area contributed by atoms with E-state index in [0.717, 1.165) is 24.2 Å². The van der Waals surface area contributed by atoms with Crippen molar-refractivity contribution in [2.75, 3.05) is 0 Å². The summed E-state index contributed by atoms with van der Waals surface area (Å²) in [6, 6.07) is 6.55. The molecule has 1 aromatic rings. The van der Waals surface area contributed by atoms with Crippen LogP contribution in [0.2, 0.25) is 0 Å².